The van der Waals surface area contributed by atoms with E-state index < -0.39 is 29.7 Å². The van der Waals surface area contributed by atoms with E-state index in [1.54, 1.807) is 20.8 Å². The first-order chi connectivity index (χ1) is 12.7. The van der Waals surface area contributed by atoms with Crippen LogP contribution in [0, 0.1) is 0 Å². The quantitative estimate of drug-likeness (QED) is 0.376. The van der Waals surface area contributed by atoms with Crippen molar-refractivity contribution < 1.29 is 23.9 Å². The number of methoxy groups -OCH3 is 1. The lowest BCUT2D eigenvalue weighted by Crippen LogP contribution is -2.52. The van der Waals surface area contributed by atoms with Crippen LogP contribution in [0.15, 0.2) is 12.7 Å². The molecule has 2 amide bonds. The molecule has 1 fully saturated rings. The van der Waals surface area contributed by atoms with E-state index in [9.17, 15) is 14.4 Å². The molecule has 0 saturated carbocycles. The highest BCUT2D eigenvalue weighted by Gasteiger charge is 2.38. The predicted molar refractivity (Wildman–Crippen MR) is 103 cm³/mol. The van der Waals surface area contributed by atoms with Gasteiger partial charge in [0.15, 0.2) is 0 Å². The van der Waals surface area contributed by atoms with Crippen LogP contribution in [0.5, 0.6) is 0 Å². The van der Waals surface area contributed by atoms with Crippen LogP contribution in [0.3, 0.4) is 0 Å². The third kappa shape index (κ3) is 8.01. The molecule has 0 aliphatic carbocycles. The Labute approximate surface area is 162 Å². The van der Waals surface area contributed by atoms with Gasteiger partial charge in [-0.15, -0.1) is 6.58 Å². The maximum Gasteiger partial charge on any atom is 0.408 e. The summed E-state index contributed by atoms with van der Waals surface area (Å²) in [5, 5.41) is 2.69. The van der Waals surface area contributed by atoms with Gasteiger partial charge in [0.2, 0.25) is 5.91 Å². The zero-order valence-corrected chi connectivity index (χ0v) is 17.1. The van der Waals surface area contributed by atoms with E-state index in [1.807, 2.05) is 6.08 Å². The number of nitrogens with zero attached hydrogens (tertiary/aromatic N) is 1. The molecule has 154 valence electrons. The molecule has 7 heteroatoms. The van der Waals surface area contributed by atoms with E-state index in [-0.39, 0.29) is 5.91 Å². The van der Waals surface area contributed by atoms with Gasteiger partial charge in [0.05, 0.1) is 7.11 Å². The second-order valence-electron chi connectivity index (χ2n) is 7.84. The number of likely N-dealkylation sites (tertiary alicyclic amines) is 1. The molecule has 1 rings (SSSR count). The van der Waals surface area contributed by atoms with Crippen LogP contribution in [0.1, 0.15) is 65.7 Å². The Hall–Kier alpha value is -2.05. The fourth-order valence-electron chi connectivity index (χ4n) is 3.13. The highest BCUT2D eigenvalue weighted by molar-refractivity contribution is 5.90. The van der Waals surface area contributed by atoms with Gasteiger partial charge >= 0.3 is 12.1 Å². The molecule has 1 heterocycles. The second-order valence-corrected chi connectivity index (χ2v) is 7.84. The molecule has 7 nitrogen and oxygen atoms in total. The van der Waals surface area contributed by atoms with E-state index in [2.05, 4.69) is 11.9 Å². The number of hydrogen-bond acceptors (Lipinski definition) is 5. The first-order valence-corrected chi connectivity index (χ1v) is 9.68. The Kier molecular flexibility index (Phi) is 9.32. The van der Waals surface area contributed by atoms with E-state index in [4.69, 9.17) is 9.47 Å². The summed E-state index contributed by atoms with van der Waals surface area (Å²) in [6.07, 6.45) is 6.71. The summed E-state index contributed by atoms with van der Waals surface area (Å²) < 4.78 is 10.1. The third-order valence-corrected chi connectivity index (χ3v) is 4.40. The van der Waals surface area contributed by atoms with Crippen molar-refractivity contribution in [2.24, 2.45) is 0 Å². The number of nitrogens with one attached hydrogen (secondary N) is 1. The summed E-state index contributed by atoms with van der Waals surface area (Å²) in [4.78, 5) is 38.7. The van der Waals surface area contributed by atoms with Crippen LogP contribution in [0.4, 0.5) is 4.79 Å². The number of amides is 2. The first kappa shape index (κ1) is 23.0. The maximum atomic E-state index is 13.0. The van der Waals surface area contributed by atoms with Crippen LogP contribution >= 0.6 is 0 Å². The third-order valence-electron chi connectivity index (χ3n) is 4.40. The van der Waals surface area contributed by atoms with Gasteiger partial charge in [0, 0.05) is 6.54 Å². The lowest BCUT2D eigenvalue weighted by molar-refractivity contribution is -0.151. The molecule has 1 aliphatic heterocycles. The largest absolute Gasteiger partial charge is 0.467 e. The second kappa shape index (κ2) is 10.9. The predicted octanol–water partition coefficient (Wildman–Crippen LogP) is 3.18. The summed E-state index contributed by atoms with van der Waals surface area (Å²) in [7, 11) is 1.32. The first-order valence-electron chi connectivity index (χ1n) is 9.68. The van der Waals surface area contributed by atoms with Crippen molar-refractivity contribution >= 4 is 18.0 Å². The molecule has 0 aromatic rings. The molecule has 0 aromatic carbocycles. The molecule has 1 N–H and O–H groups in total. The molecular weight excluding hydrogens is 348 g/mol. The Morgan fingerprint density at radius 2 is 1.96 bits per heavy atom. The smallest absolute Gasteiger partial charge is 0.408 e. The van der Waals surface area contributed by atoms with Gasteiger partial charge in [-0.25, -0.2) is 9.59 Å². The summed E-state index contributed by atoms with van der Waals surface area (Å²) in [6, 6.07) is -1.29. The SMILES string of the molecule is C=CCCCCC[C@H](NC(=O)OC(C)(C)C)C(=O)N1CCC[C@H]1C(=O)OC. The molecular formula is C20H34N2O5. The summed E-state index contributed by atoms with van der Waals surface area (Å²) in [5.41, 5.74) is -0.649. The van der Waals surface area contributed by atoms with Crippen molar-refractivity contribution in [2.75, 3.05) is 13.7 Å². The van der Waals surface area contributed by atoms with E-state index in [1.165, 1.54) is 12.0 Å². The van der Waals surface area contributed by atoms with Crippen LogP contribution < -0.4 is 5.32 Å². The average molecular weight is 383 g/mol. The minimum absolute atomic E-state index is 0.252. The topological polar surface area (TPSA) is 84.9 Å². The van der Waals surface area contributed by atoms with Crippen molar-refractivity contribution in [1.82, 2.24) is 10.2 Å². The lowest BCUT2D eigenvalue weighted by atomic mass is 10.1. The van der Waals surface area contributed by atoms with Crippen molar-refractivity contribution in [3.63, 3.8) is 0 Å². The van der Waals surface area contributed by atoms with E-state index in [0.29, 0.717) is 19.4 Å². The molecule has 1 saturated heterocycles. The van der Waals surface area contributed by atoms with Crippen LogP contribution in [-0.2, 0) is 19.1 Å². The number of ether oxygens (including phenoxy) is 2. The zero-order chi connectivity index (χ0) is 20.4. The van der Waals surface area contributed by atoms with Crippen LogP contribution in [-0.4, -0.2) is 54.2 Å². The summed E-state index contributed by atoms with van der Waals surface area (Å²) in [5.74, 6) is -0.666. The van der Waals surface area contributed by atoms with Crippen molar-refractivity contribution in [3.8, 4) is 0 Å². The molecule has 0 spiro atoms. The van der Waals surface area contributed by atoms with Gasteiger partial charge in [0.25, 0.3) is 0 Å². The van der Waals surface area contributed by atoms with Gasteiger partial charge in [0.1, 0.15) is 17.7 Å². The maximum absolute atomic E-state index is 13.0. The van der Waals surface area contributed by atoms with Gasteiger partial charge in [-0.1, -0.05) is 18.9 Å². The minimum Gasteiger partial charge on any atom is -0.467 e. The zero-order valence-electron chi connectivity index (χ0n) is 17.1. The standard InChI is InChI=1S/C20H34N2O5/c1-6-7-8-9-10-12-15(21-19(25)27-20(2,3)4)17(23)22-14-11-13-16(22)18(24)26-5/h6,15-16H,1,7-14H2,2-5H3,(H,21,25)/t15-,16-/m0/s1. The fourth-order valence-corrected chi connectivity index (χ4v) is 3.13. The Bertz CT molecular complexity index is 527. The molecule has 0 radical (unpaired) electrons. The van der Waals surface area contributed by atoms with Gasteiger partial charge in [-0.3, -0.25) is 4.79 Å². The van der Waals surface area contributed by atoms with Crippen LogP contribution in [0.2, 0.25) is 0 Å². The Balaban J connectivity index is 2.78. The molecule has 0 aromatic heterocycles. The number of alkyl carbamates (subject to hydrolysis) is 1. The number of unbranched alkanes of at least 4 members (excludes halogenated alkanes) is 3. The number of hydrogen-bond donors (Lipinski definition) is 1. The highest BCUT2D eigenvalue weighted by atomic mass is 16.6. The van der Waals surface area contributed by atoms with Crippen molar-refractivity contribution in [1.29, 1.82) is 0 Å². The molecule has 0 bridgehead atoms. The highest BCUT2D eigenvalue weighted by Crippen LogP contribution is 2.21. The normalized spacial score (nSPS) is 17.9. The van der Waals surface area contributed by atoms with Crippen LogP contribution in [0.25, 0.3) is 0 Å². The van der Waals surface area contributed by atoms with Gasteiger partial charge in [-0.2, -0.15) is 0 Å². The van der Waals surface area contributed by atoms with Crippen molar-refractivity contribution in [3.05, 3.63) is 12.7 Å². The molecule has 1 aliphatic rings. The lowest BCUT2D eigenvalue weighted by Gasteiger charge is -2.29. The van der Waals surface area contributed by atoms with Gasteiger partial charge in [-0.05, 0) is 52.9 Å². The number of allylic oxidation sites excluding steroid dienone is 1. The Morgan fingerprint density at radius 1 is 1.26 bits per heavy atom. The number of carbonyl (C=O) groups is 3. The van der Waals surface area contributed by atoms with Gasteiger partial charge < -0.3 is 19.7 Å². The van der Waals surface area contributed by atoms with Crippen molar-refractivity contribution in [2.45, 2.75) is 83.4 Å². The number of carbonyl (C=O) groups excluding carboxylic acids is 3. The fraction of sp³-hybridized carbons (Fsp3) is 0.750. The average Bonchev–Trinajstić information content (AvgIpc) is 3.07. The number of esters is 1. The van der Waals surface area contributed by atoms with E-state index in [0.717, 1.165) is 32.1 Å². The molecule has 0 unspecified atom stereocenters. The molecule has 2 atom stereocenters. The summed E-state index contributed by atoms with van der Waals surface area (Å²) >= 11 is 0. The number of rotatable bonds is 9. The molecule has 27 heavy (non-hydrogen) atoms. The van der Waals surface area contributed by atoms with E-state index >= 15 is 0 Å². The minimum atomic E-state index is -0.714. The Morgan fingerprint density at radius 3 is 2.56 bits per heavy atom. The summed E-state index contributed by atoms with van der Waals surface area (Å²) in [6.45, 7) is 9.50. The monoisotopic (exact) mass is 382 g/mol.